The van der Waals surface area contributed by atoms with E-state index in [1.165, 1.54) is 0 Å². The maximum atomic E-state index is 5.83. The Labute approximate surface area is 108 Å². The SMILES string of the molecule is COCCC(C)CCP(OC(C)C)OC(C)C. The lowest BCUT2D eigenvalue weighted by Crippen LogP contribution is -2.09. The summed E-state index contributed by atoms with van der Waals surface area (Å²) in [5.74, 6) is 0.673. The molecule has 0 aromatic carbocycles. The highest BCUT2D eigenvalue weighted by molar-refractivity contribution is 7.47. The van der Waals surface area contributed by atoms with Crippen LogP contribution in [0.25, 0.3) is 0 Å². The molecule has 0 amide bonds. The predicted octanol–water partition coefficient (Wildman–Crippen LogP) is 4.21. The molecular weight excluding hydrogens is 235 g/mol. The van der Waals surface area contributed by atoms with E-state index in [9.17, 15) is 0 Å². The van der Waals surface area contributed by atoms with Gasteiger partial charge in [0.25, 0.3) is 0 Å². The lowest BCUT2D eigenvalue weighted by Gasteiger charge is -2.23. The minimum atomic E-state index is -0.728. The number of methoxy groups -OCH3 is 1. The third kappa shape index (κ3) is 11.1. The van der Waals surface area contributed by atoms with Crippen molar-refractivity contribution < 1.29 is 13.8 Å². The van der Waals surface area contributed by atoms with Gasteiger partial charge in [-0.1, -0.05) is 6.92 Å². The zero-order valence-corrected chi connectivity index (χ0v) is 13.1. The van der Waals surface area contributed by atoms with E-state index in [-0.39, 0.29) is 12.2 Å². The Morgan fingerprint density at radius 2 is 1.41 bits per heavy atom. The van der Waals surface area contributed by atoms with E-state index in [1.54, 1.807) is 7.11 Å². The van der Waals surface area contributed by atoms with Crippen molar-refractivity contribution in [3.63, 3.8) is 0 Å². The molecule has 0 radical (unpaired) electrons. The maximum absolute atomic E-state index is 5.83. The smallest absolute Gasteiger partial charge is 0.170 e. The fourth-order valence-electron chi connectivity index (χ4n) is 1.39. The van der Waals surface area contributed by atoms with Crippen molar-refractivity contribution in [2.75, 3.05) is 19.9 Å². The summed E-state index contributed by atoms with van der Waals surface area (Å²) in [6.07, 6.45) is 3.77. The van der Waals surface area contributed by atoms with E-state index in [0.717, 1.165) is 25.6 Å². The summed E-state index contributed by atoms with van der Waals surface area (Å²) in [5, 5.41) is 0. The molecule has 1 atom stereocenters. The van der Waals surface area contributed by atoms with Crippen molar-refractivity contribution in [3.8, 4) is 0 Å². The van der Waals surface area contributed by atoms with Crippen LogP contribution in [-0.2, 0) is 13.8 Å². The molecule has 0 aromatic heterocycles. The quantitative estimate of drug-likeness (QED) is 0.553. The van der Waals surface area contributed by atoms with Crippen molar-refractivity contribution in [1.29, 1.82) is 0 Å². The van der Waals surface area contributed by atoms with Crippen LogP contribution in [0.3, 0.4) is 0 Å². The minimum absolute atomic E-state index is 0.245. The highest BCUT2D eigenvalue weighted by Crippen LogP contribution is 2.42. The molecule has 1 unspecified atom stereocenters. The van der Waals surface area contributed by atoms with Crippen molar-refractivity contribution >= 4 is 8.38 Å². The van der Waals surface area contributed by atoms with Crippen LogP contribution in [0.5, 0.6) is 0 Å². The van der Waals surface area contributed by atoms with Crippen molar-refractivity contribution in [1.82, 2.24) is 0 Å². The molecule has 0 saturated heterocycles. The topological polar surface area (TPSA) is 27.7 Å². The Morgan fingerprint density at radius 1 is 0.882 bits per heavy atom. The highest BCUT2D eigenvalue weighted by atomic mass is 31.2. The van der Waals surface area contributed by atoms with E-state index < -0.39 is 8.38 Å². The van der Waals surface area contributed by atoms with Crippen LogP contribution in [0.1, 0.15) is 47.5 Å². The van der Waals surface area contributed by atoms with Crippen LogP contribution >= 0.6 is 8.38 Å². The van der Waals surface area contributed by atoms with Gasteiger partial charge in [-0.15, -0.1) is 0 Å². The summed E-state index contributed by atoms with van der Waals surface area (Å²) in [5.41, 5.74) is 0. The zero-order chi connectivity index (χ0) is 13.3. The standard InChI is InChI=1S/C13H29O3P/c1-11(2)15-17(16-12(3)4)10-8-13(5)7-9-14-6/h11-13H,7-10H2,1-6H3. The third-order valence-corrected chi connectivity index (χ3v) is 4.21. The van der Waals surface area contributed by atoms with E-state index in [2.05, 4.69) is 34.6 Å². The Hall–Kier alpha value is 0.310. The molecule has 0 bridgehead atoms. The van der Waals surface area contributed by atoms with Gasteiger partial charge in [0.15, 0.2) is 8.38 Å². The normalized spacial score (nSPS) is 13.9. The predicted molar refractivity (Wildman–Crippen MR) is 74.5 cm³/mol. The molecule has 0 aromatic rings. The number of rotatable bonds is 10. The molecule has 0 spiro atoms. The van der Waals surface area contributed by atoms with E-state index in [4.69, 9.17) is 13.8 Å². The summed E-state index contributed by atoms with van der Waals surface area (Å²) in [6, 6.07) is 0. The van der Waals surface area contributed by atoms with Crippen LogP contribution in [0.4, 0.5) is 0 Å². The van der Waals surface area contributed by atoms with Gasteiger partial charge in [-0.25, -0.2) is 0 Å². The van der Waals surface area contributed by atoms with Gasteiger partial charge < -0.3 is 13.8 Å². The van der Waals surface area contributed by atoms with Crippen LogP contribution in [-0.4, -0.2) is 32.1 Å². The van der Waals surface area contributed by atoms with Gasteiger partial charge in [0, 0.05) is 19.9 Å². The molecule has 0 aliphatic carbocycles. The lowest BCUT2D eigenvalue weighted by atomic mass is 10.1. The Balaban J connectivity index is 3.88. The van der Waals surface area contributed by atoms with Gasteiger partial charge in [0.2, 0.25) is 0 Å². The van der Waals surface area contributed by atoms with Crippen LogP contribution in [0.2, 0.25) is 0 Å². The van der Waals surface area contributed by atoms with Crippen molar-refractivity contribution in [2.24, 2.45) is 5.92 Å². The molecule has 0 aliphatic rings. The van der Waals surface area contributed by atoms with Gasteiger partial charge in [0.1, 0.15) is 0 Å². The van der Waals surface area contributed by atoms with Gasteiger partial charge in [-0.05, 0) is 46.5 Å². The average Bonchev–Trinajstić information content (AvgIpc) is 2.21. The Bertz CT molecular complexity index is 164. The van der Waals surface area contributed by atoms with Crippen molar-refractivity contribution in [3.05, 3.63) is 0 Å². The largest absolute Gasteiger partial charge is 0.385 e. The number of ether oxygens (including phenoxy) is 1. The molecule has 0 fully saturated rings. The summed E-state index contributed by atoms with van der Waals surface area (Å²) < 4.78 is 16.7. The molecule has 0 N–H and O–H groups in total. The second-order valence-corrected chi connectivity index (χ2v) is 6.57. The van der Waals surface area contributed by atoms with Crippen LogP contribution in [0, 0.1) is 5.92 Å². The molecule has 0 saturated carbocycles. The van der Waals surface area contributed by atoms with E-state index in [1.807, 2.05) is 0 Å². The third-order valence-electron chi connectivity index (χ3n) is 2.28. The first-order valence-electron chi connectivity index (χ1n) is 6.55. The fourth-order valence-corrected chi connectivity index (χ4v) is 3.24. The first kappa shape index (κ1) is 17.3. The maximum Gasteiger partial charge on any atom is 0.170 e. The fraction of sp³-hybridized carbons (Fsp3) is 1.00. The monoisotopic (exact) mass is 264 g/mol. The van der Waals surface area contributed by atoms with Crippen LogP contribution < -0.4 is 0 Å². The zero-order valence-electron chi connectivity index (χ0n) is 12.2. The Kier molecular flexibility index (Phi) is 10.4. The first-order chi connectivity index (χ1) is 7.95. The Morgan fingerprint density at radius 3 is 1.82 bits per heavy atom. The van der Waals surface area contributed by atoms with Crippen LogP contribution in [0.15, 0.2) is 0 Å². The summed E-state index contributed by atoms with van der Waals surface area (Å²) in [4.78, 5) is 0. The molecule has 0 rings (SSSR count). The number of hydrogen-bond acceptors (Lipinski definition) is 3. The van der Waals surface area contributed by atoms with Gasteiger partial charge in [-0.2, -0.15) is 0 Å². The average molecular weight is 264 g/mol. The summed E-state index contributed by atoms with van der Waals surface area (Å²) in [6.45, 7) is 11.4. The first-order valence-corrected chi connectivity index (χ1v) is 7.92. The second kappa shape index (κ2) is 10.3. The molecule has 4 heteroatoms. The van der Waals surface area contributed by atoms with E-state index >= 15 is 0 Å². The second-order valence-electron chi connectivity index (χ2n) is 5.04. The molecular formula is C13H29O3P. The summed E-state index contributed by atoms with van der Waals surface area (Å²) >= 11 is 0. The molecule has 0 heterocycles. The minimum Gasteiger partial charge on any atom is -0.385 e. The molecule has 0 aliphatic heterocycles. The summed E-state index contributed by atoms with van der Waals surface area (Å²) in [7, 11) is 1.03. The van der Waals surface area contributed by atoms with Gasteiger partial charge in [0.05, 0.1) is 12.2 Å². The van der Waals surface area contributed by atoms with E-state index in [0.29, 0.717) is 5.92 Å². The molecule has 104 valence electrons. The van der Waals surface area contributed by atoms with Gasteiger partial charge >= 0.3 is 0 Å². The van der Waals surface area contributed by atoms with Crippen molar-refractivity contribution in [2.45, 2.75) is 59.7 Å². The lowest BCUT2D eigenvalue weighted by molar-refractivity contribution is 0.170. The molecule has 3 nitrogen and oxygen atoms in total. The van der Waals surface area contributed by atoms with Gasteiger partial charge in [-0.3, -0.25) is 0 Å². The highest BCUT2D eigenvalue weighted by Gasteiger charge is 2.16. The molecule has 17 heavy (non-hydrogen) atoms. The number of hydrogen-bond donors (Lipinski definition) is 0.